The Morgan fingerprint density at radius 1 is 1.05 bits per heavy atom. The molecule has 0 bridgehead atoms. The molecule has 0 radical (unpaired) electrons. The zero-order chi connectivity index (χ0) is 14.2. The van der Waals surface area contributed by atoms with Crippen LogP contribution in [0.15, 0.2) is 36.5 Å². The number of hydrogen-bond donors (Lipinski definition) is 1. The number of benzene rings is 1. The van der Waals surface area contributed by atoms with Crippen LogP contribution in [-0.4, -0.2) is 16.6 Å². The first-order valence-corrected chi connectivity index (χ1v) is 7.09. The van der Waals surface area contributed by atoms with Crippen molar-refractivity contribution in [2.45, 2.75) is 33.2 Å². The van der Waals surface area contributed by atoms with E-state index >= 15 is 0 Å². The Labute approximate surface area is 120 Å². The van der Waals surface area contributed by atoms with E-state index in [4.69, 9.17) is 4.74 Å². The monoisotopic (exact) mass is 271 g/mol. The van der Waals surface area contributed by atoms with E-state index in [9.17, 15) is 0 Å². The molecule has 0 aliphatic carbocycles. The summed E-state index contributed by atoms with van der Waals surface area (Å²) in [5.41, 5.74) is 2.56. The van der Waals surface area contributed by atoms with Crippen molar-refractivity contribution in [3.8, 4) is 5.88 Å². The lowest BCUT2D eigenvalue weighted by molar-refractivity contribution is 0.305. The Bertz CT molecular complexity index is 526. The predicted octanol–water partition coefficient (Wildman–Crippen LogP) is 3.44. The molecule has 106 valence electrons. The summed E-state index contributed by atoms with van der Waals surface area (Å²) >= 11 is 0. The third kappa shape index (κ3) is 4.23. The number of anilines is 1. The van der Waals surface area contributed by atoms with Crippen molar-refractivity contribution in [3.63, 3.8) is 0 Å². The van der Waals surface area contributed by atoms with Crippen LogP contribution in [0, 0.1) is 0 Å². The van der Waals surface area contributed by atoms with Gasteiger partial charge in [-0.05, 0) is 24.0 Å². The first-order valence-electron chi connectivity index (χ1n) is 7.09. The van der Waals surface area contributed by atoms with Crippen LogP contribution in [0.3, 0.4) is 0 Å². The summed E-state index contributed by atoms with van der Waals surface area (Å²) in [6.07, 6.45) is 3.74. The quantitative estimate of drug-likeness (QED) is 0.838. The first-order chi connectivity index (χ1) is 9.81. The molecule has 0 spiro atoms. The molecule has 1 aromatic carbocycles. The SMILES string of the molecule is CCCOc1ccnc(NCc2ccc(CC)cc2)n1. The van der Waals surface area contributed by atoms with Gasteiger partial charge in [-0.15, -0.1) is 0 Å². The fraction of sp³-hybridized carbons (Fsp3) is 0.375. The van der Waals surface area contributed by atoms with Crippen molar-refractivity contribution in [3.05, 3.63) is 47.7 Å². The molecule has 2 rings (SSSR count). The Morgan fingerprint density at radius 2 is 1.80 bits per heavy atom. The van der Waals surface area contributed by atoms with Crippen LogP contribution in [-0.2, 0) is 13.0 Å². The van der Waals surface area contributed by atoms with Crippen molar-refractivity contribution < 1.29 is 4.74 Å². The molecule has 0 aliphatic heterocycles. The van der Waals surface area contributed by atoms with Gasteiger partial charge in [0, 0.05) is 18.8 Å². The highest BCUT2D eigenvalue weighted by Crippen LogP contribution is 2.11. The molecule has 4 nitrogen and oxygen atoms in total. The topological polar surface area (TPSA) is 47.0 Å². The molecular formula is C16H21N3O. The predicted molar refractivity (Wildman–Crippen MR) is 81.0 cm³/mol. The number of aromatic nitrogens is 2. The molecule has 1 N–H and O–H groups in total. The van der Waals surface area contributed by atoms with Crippen LogP contribution in [0.1, 0.15) is 31.4 Å². The van der Waals surface area contributed by atoms with E-state index in [-0.39, 0.29) is 0 Å². The van der Waals surface area contributed by atoms with Gasteiger partial charge in [0.2, 0.25) is 11.8 Å². The summed E-state index contributed by atoms with van der Waals surface area (Å²) in [6, 6.07) is 10.3. The van der Waals surface area contributed by atoms with Crippen molar-refractivity contribution >= 4 is 5.95 Å². The second-order valence-corrected chi connectivity index (χ2v) is 4.59. The van der Waals surface area contributed by atoms with Crippen LogP contribution < -0.4 is 10.1 Å². The minimum absolute atomic E-state index is 0.596. The lowest BCUT2D eigenvalue weighted by Crippen LogP contribution is -2.05. The molecule has 1 heterocycles. The Kier molecular flexibility index (Phi) is 5.35. The van der Waals surface area contributed by atoms with Gasteiger partial charge < -0.3 is 10.1 Å². The van der Waals surface area contributed by atoms with E-state index in [1.54, 1.807) is 12.3 Å². The minimum atomic E-state index is 0.596. The van der Waals surface area contributed by atoms with Crippen molar-refractivity contribution in [2.75, 3.05) is 11.9 Å². The number of nitrogens with one attached hydrogen (secondary N) is 1. The maximum atomic E-state index is 5.49. The van der Waals surface area contributed by atoms with Crippen LogP contribution >= 0.6 is 0 Å². The van der Waals surface area contributed by atoms with E-state index in [0.717, 1.165) is 12.8 Å². The normalized spacial score (nSPS) is 10.3. The molecule has 0 fully saturated rings. The molecule has 0 amide bonds. The fourth-order valence-corrected chi connectivity index (χ4v) is 1.79. The van der Waals surface area contributed by atoms with Crippen LogP contribution in [0.2, 0.25) is 0 Å². The second-order valence-electron chi connectivity index (χ2n) is 4.59. The minimum Gasteiger partial charge on any atom is -0.478 e. The maximum absolute atomic E-state index is 5.49. The van der Waals surface area contributed by atoms with E-state index < -0.39 is 0 Å². The van der Waals surface area contributed by atoms with E-state index in [2.05, 4.69) is 53.4 Å². The Hall–Kier alpha value is -2.10. The van der Waals surface area contributed by atoms with Crippen LogP contribution in [0.4, 0.5) is 5.95 Å². The van der Waals surface area contributed by atoms with Gasteiger partial charge in [-0.1, -0.05) is 38.1 Å². The van der Waals surface area contributed by atoms with Gasteiger partial charge in [0.15, 0.2) is 0 Å². The van der Waals surface area contributed by atoms with E-state index in [1.165, 1.54) is 11.1 Å². The highest BCUT2D eigenvalue weighted by molar-refractivity contribution is 5.31. The number of ether oxygens (including phenoxy) is 1. The molecule has 2 aromatic rings. The Balaban J connectivity index is 1.92. The van der Waals surface area contributed by atoms with Gasteiger partial charge >= 0.3 is 0 Å². The molecule has 1 aromatic heterocycles. The summed E-state index contributed by atoms with van der Waals surface area (Å²) in [7, 11) is 0. The standard InChI is InChI=1S/C16H21N3O/c1-3-11-20-15-9-10-17-16(19-15)18-12-14-7-5-13(4-2)6-8-14/h5-10H,3-4,11-12H2,1-2H3,(H,17,18,19). The van der Waals surface area contributed by atoms with Gasteiger partial charge in [-0.25, -0.2) is 4.98 Å². The molecule has 0 aliphatic rings. The molecule has 20 heavy (non-hydrogen) atoms. The Morgan fingerprint density at radius 3 is 2.50 bits per heavy atom. The average molecular weight is 271 g/mol. The zero-order valence-corrected chi connectivity index (χ0v) is 12.1. The number of hydrogen-bond acceptors (Lipinski definition) is 4. The summed E-state index contributed by atoms with van der Waals surface area (Å²) in [6.45, 7) is 5.61. The molecule has 4 heteroatoms. The zero-order valence-electron chi connectivity index (χ0n) is 12.1. The second kappa shape index (κ2) is 7.48. The summed E-state index contributed by atoms with van der Waals surface area (Å²) in [5.74, 6) is 1.21. The van der Waals surface area contributed by atoms with Gasteiger partial charge in [-0.2, -0.15) is 4.98 Å². The fourth-order valence-electron chi connectivity index (χ4n) is 1.79. The van der Waals surface area contributed by atoms with Crippen LogP contribution in [0.25, 0.3) is 0 Å². The average Bonchev–Trinajstić information content (AvgIpc) is 2.52. The summed E-state index contributed by atoms with van der Waals surface area (Å²) in [5, 5.41) is 3.21. The summed E-state index contributed by atoms with van der Waals surface area (Å²) < 4.78 is 5.49. The van der Waals surface area contributed by atoms with E-state index in [1.807, 2.05) is 0 Å². The summed E-state index contributed by atoms with van der Waals surface area (Å²) in [4.78, 5) is 8.51. The molecule has 0 atom stereocenters. The maximum Gasteiger partial charge on any atom is 0.226 e. The van der Waals surface area contributed by atoms with Crippen molar-refractivity contribution in [1.29, 1.82) is 0 Å². The van der Waals surface area contributed by atoms with Crippen molar-refractivity contribution in [1.82, 2.24) is 9.97 Å². The van der Waals surface area contributed by atoms with Gasteiger partial charge in [0.05, 0.1) is 6.61 Å². The number of nitrogens with zero attached hydrogens (tertiary/aromatic N) is 2. The first kappa shape index (κ1) is 14.3. The number of rotatable bonds is 7. The van der Waals surface area contributed by atoms with Gasteiger partial charge in [0.25, 0.3) is 0 Å². The highest BCUT2D eigenvalue weighted by atomic mass is 16.5. The molecule has 0 saturated carbocycles. The smallest absolute Gasteiger partial charge is 0.226 e. The van der Waals surface area contributed by atoms with Gasteiger partial charge in [0.1, 0.15) is 0 Å². The third-order valence-electron chi connectivity index (χ3n) is 2.97. The van der Waals surface area contributed by atoms with Gasteiger partial charge in [-0.3, -0.25) is 0 Å². The largest absolute Gasteiger partial charge is 0.478 e. The van der Waals surface area contributed by atoms with E-state index in [0.29, 0.717) is 25.0 Å². The number of aryl methyl sites for hydroxylation is 1. The molecule has 0 saturated heterocycles. The lowest BCUT2D eigenvalue weighted by atomic mass is 10.1. The third-order valence-corrected chi connectivity index (χ3v) is 2.97. The molecular weight excluding hydrogens is 250 g/mol. The lowest BCUT2D eigenvalue weighted by Gasteiger charge is -2.07. The molecule has 0 unspecified atom stereocenters. The highest BCUT2D eigenvalue weighted by Gasteiger charge is 2.00. The van der Waals surface area contributed by atoms with Crippen LogP contribution in [0.5, 0.6) is 5.88 Å². The van der Waals surface area contributed by atoms with Crippen molar-refractivity contribution in [2.24, 2.45) is 0 Å².